The molecule has 0 amide bonds. The molecule has 1 aliphatic rings. The maximum atomic E-state index is 13.0. The Bertz CT molecular complexity index is 670. The van der Waals surface area contributed by atoms with Gasteiger partial charge in [-0.15, -0.1) is 8.78 Å². The van der Waals surface area contributed by atoms with E-state index in [1.807, 2.05) is 13.8 Å². The second kappa shape index (κ2) is 4.70. The van der Waals surface area contributed by atoms with Crippen LogP contribution in [0.2, 0.25) is 0 Å². The molecule has 2 heterocycles. The molecule has 21 heavy (non-hydrogen) atoms. The first-order valence-corrected chi connectivity index (χ1v) is 6.55. The third kappa shape index (κ3) is 2.44. The summed E-state index contributed by atoms with van der Waals surface area (Å²) in [5.41, 5.74) is 7.58. The molecular formula is C14H15F2N3O2. The molecule has 0 saturated carbocycles. The zero-order chi connectivity index (χ0) is 15.2. The molecule has 7 heteroatoms. The Labute approximate surface area is 120 Å². The van der Waals surface area contributed by atoms with Crippen LogP contribution >= 0.6 is 0 Å². The van der Waals surface area contributed by atoms with Crippen LogP contribution in [0.15, 0.2) is 30.7 Å². The number of halogens is 2. The van der Waals surface area contributed by atoms with Crippen molar-refractivity contribution in [3.63, 3.8) is 0 Å². The van der Waals surface area contributed by atoms with Crippen molar-refractivity contribution < 1.29 is 18.3 Å². The standard InChI is InChI=1S/C14H15F2N3O2/c1-8(2)13(17)10-6-18-7-19(10)9-3-4-11-12(5-9)21-14(15,16)20-11/h3-8,13H,17H2,1-2H3. The van der Waals surface area contributed by atoms with E-state index in [0.717, 1.165) is 5.69 Å². The molecule has 1 atom stereocenters. The van der Waals surface area contributed by atoms with Crippen molar-refractivity contribution in [3.8, 4) is 17.2 Å². The number of benzene rings is 1. The summed E-state index contributed by atoms with van der Waals surface area (Å²) in [7, 11) is 0. The van der Waals surface area contributed by atoms with Crippen LogP contribution in [0.4, 0.5) is 8.78 Å². The topological polar surface area (TPSA) is 62.3 Å². The van der Waals surface area contributed by atoms with Crippen molar-refractivity contribution in [1.82, 2.24) is 9.55 Å². The van der Waals surface area contributed by atoms with Crippen LogP contribution < -0.4 is 15.2 Å². The van der Waals surface area contributed by atoms with E-state index >= 15 is 0 Å². The highest BCUT2D eigenvalue weighted by atomic mass is 19.3. The first-order chi connectivity index (χ1) is 9.87. The Kier molecular flexibility index (Phi) is 3.09. The van der Waals surface area contributed by atoms with Crippen LogP contribution in [0.1, 0.15) is 25.6 Å². The van der Waals surface area contributed by atoms with Gasteiger partial charge in [-0.1, -0.05) is 13.8 Å². The minimum absolute atomic E-state index is 0.00438. The van der Waals surface area contributed by atoms with E-state index < -0.39 is 6.29 Å². The van der Waals surface area contributed by atoms with Gasteiger partial charge in [0, 0.05) is 12.1 Å². The van der Waals surface area contributed by atoms with Crippen molar-refractivity contribution in [2.45, 2.75) is 26.2 Å². The lowest BCUT2D eigenvalue weighted by atomic mass is 10.0. The van der Waals surface area contributed by atoms with Crippen LogP contribution in [0, 0.1) is 5.92 Å². The van der Waals surface area contributed by atoms with Gasteiger partial charge in [-0.25, -0.2) is 4.98 Å². The van der Waals surface area contributed by atoms with E-state index in [9.17, 15) is 8.78 Å². The molecule has 112 valence electrons. The lowest BCUT2D eigenvalue weighted by Gasteiger charge is -2.18. The molecule has 0 bridgehead atoms. The Morgan fingerprint density at radius 2 is 1.95 bits per heavy atom. The summed E-state index contributed by atoms with van der Waals surface area (Å²) in [4.78, 5) is 4.09. The molecule has 0 fully saturated rings. The van der Waals surface area contributed by atoms with Crippen LogP contribution in [0.3, 0.4) is 0 Å². The minimum Gasteiger partial charge on any atom is -0.395 e. The third-order valence-electron chi connectivity index (χ3n) is 3.39. The second-order valence-electron chi connectivity index (χ2n) is 5.26. The Hall–Kier alpha value is -2.15. The zero-order valence-electron chi connectivity index (χ0n) is 11.6. The number of hydrogen-bond donors (Lipinski definition) is 1. The molecule has 1 unspecified atom stereocenters. The Morgan fingerprint density at radius 3 is 2.67 bits per heavy atom. The highest BCUT2D eigenvalue weighted by Gasteiger charge is 2.43. The summed E-state index contributed by atoms with van der Waals surface area (Å²) in [5, 5.41) is 0. The van der Waals surface area contributed by atoms with E-state index in [2.05, 4.69) is 14.5 Å². The van der Waals surface area contributed by atoms with Gasteiger partial charge in [-0.2, -0.15) is 0 Å². The van der Waals surface area contributed by atoms with Gasteiger partial charge in [-0.3, -0.25) is 0 Å². The molecular weight excluding hydrogens is 280 g/mol. The second-order valence-corrected chi connectivity index (χ2v) is 5.26. The monoisotopic (exact) mass is 295 g/mol. The number of hydrogen-bond acceptors (Lipinski definition) is 4. The number of alkyl halides is 2. The van der Waals surface area contributed by atoms with Gasteiger partial charge in [0.15, 0.2) is 11.5 Å². The highest BCUT2D eigenvalue weighted by molar-refractivity contribution is 5.51. The fourth-order valence-electron chi connectivity index (χ4n) is 2.20. The van der Waals surface area contributed by atoms with E-state index in [1.165, 1.54) is 12.1 Å². The van der Waals surface area contributed by atoms with Gasteiger partial charge in [0.1, 0.15) is 0 Å². The van der Waals surface area contributed by atoms with Gasteiger partial charge in [-0.05, 0) is 18.1 Å². The number of imidazole rings is 1. The maximum absolute atomic E-state index is 13.0. The highest BCUT2D eigenvalue weighted by Crippen LogP contribution is 2.42. The Morgan fingerprint density at radius 1 is 1.24 bits per heavy atom. The van der Waals surface area contributed by atoms with Gasteiger partial charge < -0.3 is 19.8 Å². The molecule has 0 aliphatic carbocycles. The van der Waals surface area contributed by atoms with E-state index in [-0.39, 0.29) is 23.5 Å². The number of nitrogens with two attached hydrogens (primary N) is 1. The normalized spacial score (nSPS) is 17.2. The van der Waals surface area contributed by atoms with Crippen molar-refractivity contribution in [2.75, 3.05) is 0 Å². The van der Waals surface area contributed by atoms with E-state index in [1.54, 1.807) is 23.2 Å². The van der Waals surface area contributed by atoms with Crippen LogP contribution in [-0.4, -0.2) is 15.8 Å². The number of nitrogens with zero attached hydrogens (tertiary/aromatic N) is 2. The SMILES string of the molecule is CC(C)C(N)c1cncn1-c1ccc2c(c1)OC(F)(F)O2. The summed E-state index contributed by atoms with van der Waals surface area (Å²) >= 11 is 0. The maximum Gasteiger partial charge on any atom is 0.586 e. The quantitative estimate of drug-likeness (QED) is 0.945. The average Bonchev–Trinajstić information content (AvgIpc) is 2.98. The van der Waals surface area contributed by atoms with Gasteiger partial charge in [0.2, 0.25) is 0 Å². The summed E-state index contributed by atoms with van der Waals surface area (Å²) in [6, 6.07) is 4.37. The van der Waals surface area contributed by atoms with Crippen LogP contribution in [-0.2, 0) is 0 Å². The number of ether oxygens (including phenoxy) is 2. The molecule has 1 aromatic heterocycles. The molecule has 3 rings (SSSR count). The van der Waals surface area contributed by atoms with Crippen LogP contribution in [0.5, 0.6) is 11.5 Å². The first-order valence-electron chi connectivity index (χ1n) is 6.55. The lowest BCUT2D eigenvalue weighted by molar-refractivity contribution is -0.286. The smallest absolute Gasteiger partial charge is 0.395 e. The van der Waals surface area contributed by atoms with Gasteiger partial charge >= 0.3 is 6.29 Å². The van der Waals surface area contributed by atoms with Crippen LogP contribution in [0.25, 0.3) is 5.69 Å². The van der Waals surface area contributed by atoms with Gasteiger partial charge in [0.05, 0.1) is 23.9 Å². The van der Waals surface area contributed by atoms with Crippen molar-refractivity contribution in [3.05, 3.63) is 36.4 Å². The lowest BCUT2D eigenvalue weighted by Crippen LogP contribution is -2.25. The zero-order valence-corrected chi connectivity index (χ0v) is 11.6. The molecule has 5 nitrogen and oxygen atoms in total. The molecule has 2 aromatic rings. The van der Waals surface area contributed by atoms with E-state index in [4.69, 9.17) is 5.73 Å². The molecule has 1 aromatic carbocycles. The van der Waals surface area contributed by atoms with Crippen molar-refractivity contribution in [1.29, 1.82) is 0 Å². The largest absolute Gasteiger partial charge is 0.586 e. The van der Waals surface area contributed by atoms with Gasteiger partial charge in [0.25, 0.3) is 0 Å². The minimum atomic E-state index is -3.62. The average molecular weight is 295 g/mol. The summed E-state index contributed by atoms with van der Waals surface area (Å²) < 4.78 is 36.7. The van der Waals surface area contributed by atoms with Crippen molar-refractivity contribution in [2.24, 2.45) is 11.7 Å². The molecule has 2 N–H and O–H groups in total. The van der Waals surface area contributed by atoms with Crippen molar-refractivity contribution >= 4 is 0 Å². The Balaban J connectivity index is 1.99. The number of rotatable bonds is 3. The fraction of sp³-hybridized carbons (Fsp3) is 0.357. The predicted molar refractivity (Wildman–Crippen MR) is 71.5 cm³/mol. The predicted octanol–water partition coefficient (Wildman–Crippen LogP) is 2.85. The molecule has 0 saturated heterocycles. The molecule has 0 spiro atoms. The molecule has 1 aliphatic heterocycles. The number of aromatic nitrogens is 2. The summed E-state index contributed by atoms with van der Waals surface area (Å²) in [6.07, 6.45) is -0.357. The fourth-order valence-corrected chi connectivity index (χ4v) is 2.20. The van der Waals surface area contributed by atoms with E-state index in [0.29, 0.717) is 5.69 Å². The molecule has 0 radical (unpaired) electrons. The third-order valence-corrected chi connectivity index (χ3v) is 3.39. The number of fused-ring (bicyclic) bond motifs is 1. The summed E-state index contributed by atoms with van der Waals surface area (Å²) in [6.45, 7) is 4.00. The first kappa shape index (κ1) is 13.8. The summed E-state index contributed by atoms with van der Waals surface area (Å²) in [5.74, 6) is 0.229.